The average Bonchev–Trinajstić information content (AvgIpc) is 2.99. The Balaban J connectivity index is 1.75. The number of amides is 1. The molecular formula is C17H14ClN3O. The second-order valence-corrected chi connectivity index (χ2v) is 5.30. The SMILES string of the molecule is Cc1c(NC(=O)/C=C/c2ccc(Cl)cc2)ccc2nccn12. The molecule has 2 aromatic heterocycles. The van der Waals surface area contributed by atoms with Crippen LogP contribution in [0.4, 0.5) is 5.69 Å². The van der Waals surface area contributed by atoms with E-state index in [1.807, 2.05) is 41.8 Å². The van der Waals surface area contributed by atoms with Crippen LogP contribution in [0.15, 0.2) is 54.9 Å². The van der Waals surface area contributed by atoms with Crippen LogP contribution in [0.3, 0.4) is 0 Å². The van der Waals surface area contributed by atoms with Crippen LogP contribution in [0, 0.1) is 6.92 Å². The van der Waals surface area contributed by atoms with E-state index in [-0.39, 0.29) is 5.91 Å². The van der Waals surface area contributed by atoms with Crippen molar-refractivity contribution in [3.05, 3.63) is 71.1 Å². The molecule has 1 amide bonds. The van der Waals surface area contributed by atoms with E-state index in [2.05, 4.69) is 10.3 Å². The first-order valence-corrected chi connectivity index (χ1v) is 7.18. The predicted octanol–water partition coefficient (Wildman–Crippen LogP) is 3.95. The van der Waals surface area contributed by atoms with Crippen LogP contribution in [-0.4, -0.2) is 15.3 Å². The van der Waals surface area contributed by atoms with E-state index >= 15 is 0 Å². The van der Waals surface area contributed by atoms with Crippen LogP contribution in [-0.2, 0) is 4.79 Å². The smallest absolute Gasteiger partial charge is 0.248 e. The van der Waals surface area contributed by atoms with Crippen molar-refractivity contribution < 1.29 is 4.79 Å². The fourth-order valence-corrected chi connectivity index (χ4v) is 2.31. The molecule has 0 aliphatic carbocycles. The lowest BCUT2D eigenvalue weighted by Crippen LogP contribution is -2.10. The molecule has 3 rings (SSSR count). The molecule has 4 nitrogen and oxygen atoms in total. The second kappa shape index (κ2) is 6.03. The predicted molar refractivity (Wildman–Crippen MR) is 89.0 cm³/mol. The molecule has 0 fully saturated rings. The Morgan fingerprint density at radius 3 is 2.77 bits per heavy atom. The molecule has 0 aliphatic heterocycles. The Hall–Kier alpha value is -2.59. The number of hydrogen-bond acceptors (Lipinski definition) is 2. The lowest BCUT2D eigenvalue weighted by molar-refractivity contribution is -0.111. The van der Waals surface area contributed by atoms with E-state index in [9.17, 15) is 4.79 Å². The molecule has 0 saturated heterocycles. The Morgan fingerprint density at radius 2 is 2.00 bits per heavy atom. The number of nitrogens with one attached hydrogen (secondary N) is 1. The number of fused-ring (bicyclic) bond motifs is 1. The van der Waals surface area contributed by atoms with E-state index in [1.165, 1.54) is 6.08 Å². The van der Waals surface area contributed by atoms with Gasteiger partial charge in [0.2, 0.25) is 5.91 Å². The molecule has 0 unspecified atom stereocenters. The van der Waals surface area contributed by atoms with Crippen molar-refractivity contribution in [1.29, 1.82) is 0 Å². The minimum Gasteiger partial charge on any atom is -0.321 e. The molecule has 0 bridgehead atoms. The van der Waals surface area contributed by atoms with E-state index in [1.54, 1.807) is 24.4 Å². The van der Waals surface area contributed by atoms with Crippen LogP contribution in [0.1, 0.15) is 11.3 Å². The summed E-state index contributed by atoms with van der Waals surface area (Å²) in [6.07, 6.45) is 6.84. The zero-order chi connectivity index (χ0) is 15.5. The van der Waals surface area contributed by atoms with Crippen molar-refractivity contribution in [2.75, 3.05) is 5.32 Å². The van der Waals surface area contributed by atoms with Crippen LogP contribution < -0.4 is 5.32 Å². The minimum absolute atomic E-state index is 0.183. The number of nitrogens with zero attached hydrogens (tertiary/aromatic N) is 2. The third-order valence-electron chi connectivity index (χ3n) is 3.37. The topological polar surface area (TPSA) is 46.4 Å². The van der Waals surface area contributed by atoms with E-state index in [0.717, 1.165) is 22.6 Å². The molecule has 22 heavy (non-hydrogen) atoms. The van der Waals surface area contributed by atoms with Gasteiger partial charge >= 0.3 is 0 Å². The highest BCUT2D eigenvalue weighted by molar-refractivity contribution is 6.30. The lowest BCUT2D eigenvalue weighted by Gasteiger charge is -2.08. The molecule has 110 valence electrons. The van der Waals surface area contributed by atoms with Crippen molar-refractivity contribution in [3.8, 4) is 0 Å². The zero-order valence-corrected chi connectivity index (χ0v) is 12.7. The maximum Gasteiger partial charge on any atom is 0.248 e. The Bertz CT molecular complexity index is 850. The fourth-order valence-electron chi connectivity index (χ4n) is 2.18. The molecule has 0 atom stereocenters. The van der Waals surface area contributed by atoms with Gasteiger partial charge in [-0.2, -0.15) is 0 Å². The van der Waals surface area contributed by atoms with Crippen LogP contribution in [0.25, 0.3) is 11.7 Å². The third-order valence-corrected chi connectivity index (χ3v) is 3.63. The lowest BCUT2D eigenvalue weighted by atomic mass is 10.2. The van der Waals surface area contributed by atoms with Crippen LogP contribution in [0.5, 0.6) is 0 Å². The number of rotatable bonds is 3. The molecule has 0 aliphatic rings. The molecule has 1 N–H and O–H groups in total. The monoisotopic (exact) mass is 311 g/mol. The van der Waals surface area contributed by atoms with Gasteiger partial charge in [0.15, 0.2) is 0 Å². The quantitative estimate of drug-likeness (QED) is 0.744. The summed E-state index contributed by atoms with van der Waals surface area (Å²) in [6, 6.07) is 11.0. The number of aromatic nitrogens is 2. The van der Waals surface area contributed by atoms with Gasteiger partial charge < -0.3 is 9.72 Å². The van der Waals surface area contributed by atoms with Crippen LogP contribution >= 0.6 is 11.6 Å². The highest BCUT2D eigenvalue weighted by atomic mass is 35.5. The van der Waals surface area contributed by atoms with Crippen molar-refractivity contribution in [2.24, 2.45) is 0 Å². The number of aryl methyl sites for hydroxylation is 1. The number of carbonyl (C=O) groups excluding carboxylic acids is 1. The fraction of sp³-hybridized carbons (Fsp3) is 0.0588. The first-order chi connectivity index (χ1) is 10.6. The number of halogens is 1. The van der Waals surface area contributed by atoms with Gasteiger partial charge in [-0.05, 0) is 42.8 Å². The average molecular weight is 312 g/mol. The van der Waals surface area contributed by atoms with Gasteiger partial charge in [0, 0.05) is 29.2 Å². The molecular weight excluding hydrogens is 298 g/mol. The number of imidazole rings is 1. The molecule has 0 radical (unpaired) electrons. The summed E-state index contributed by atoms with van der Waals surface area (Å²) < 4.78 is 1.93. The maximum atomic E-state index is 12.0. The summed E-state index contributed by atoms with van der Waals surface area (Å²) in [5, 5.41) is 3.55. The summed E-state index contributed by atoms with van der Waals surface area (Å²) in [4.78, 5) is 16.2. The van der Waals surface area contributed by atoms with Gasteiger partial charge in [-0.25, -0.2) is 4.98 Å². The number of hydrogen-bond donors (Lipinski definition) is 1. The summed E-state index contributed by atoms with van der Waals surface area (Å²) in [5.41, 5.74) is 3.47. The van der Waals surface area contributed by atoms with Crippen molar-refractivity contribution in [1.82, 2.24) is 9.38 Å². The first kappa shape index (κ1) is 14.4. The van der Waals surface area contributed by atoms with Gasteiger partial charge in [0.1, 0.15) is 5.65 Å². The summed E-state index contributed by atoms with van der Waals surface area (Å²) in [5.74, 6) is -0.183. The number of pyridine rings is 1. The third kappa shape index (κ3) is 3.02. The van der Waals surface area contributed by atoms with Crippen molar-refractivity contribution in [3.63, 3.8) is 0 Å². The number of carbonyl (C=O) groups is 1. The van der Waals surface area contributed by atoms with E-state index in [4.69, 9.17) is 11.6 Å². The zero-order valence-electron chi connectivity index (χ0n) is 12.0. The molecule has 3 aromatic rings. The Kier molecular flexibility index (Phi) is 3.94. The van der Waals surface area contributed by atoms with Gasteiger partial charge in [0.25, 0.3) is 0 Å². The summed E-state index contributed by atoms with van der Waals surface area (Å²) >= 11 is 5.83. The molecule has 1 aromatic carbocycles. The number of anilines is 1. The van der Waals surface area contributed by atoms with Gasteiger partial charge in [-0.15, -0.1) is 0 Å². The van der Waals surface area contributed by atoms with Crippen LogP contribution in [0.2, 0.25) is 5.02 Å². The summed E-state index contributed by atoms with van der Waals surface area (Å²) in [6.45, 7) is 1.94. The summed E-state index contributed by atoms with van der Waals surface area (Å²) in [7, 11) is 0. The van der Waals surface area contributed by atoms with Gasteiger partial charge in [0.05, 0.1) is 5.69 Å². The minimum atomic E-state index is -0.183. The Morgan fingerprint density at radius 1 is 1.23 bits per heavy atom. The van der Waals surface area contributed by atoms with Gasteiger partial charge in [-0.3, -0.25) is 4.79 Å². The number of benzene rings is 1. The molecule has 2 heterocycles. The van der Waals surface area contributed by atoms with Crippen molar-refractivity contribution >= 4 is 34.9 Å². The largest absolute Gasteiger partial charge is 0.321 e. The first-order valence-electron chi connectivity index (χ1n) is 6.81. The molecule has 0 spiro atoms. The maximum absolute atomic E-state index is 12.0. The Labute approximate surface area is 133 Å². The van der Waals surface area contributed by atoms with Gasteiger partial charge in [-0.1, -0.05) is 23.7 Å². The molecule has 0 saturated carbocycles. The highest BCUT2D eigenvalue weighted by Gasteiger charge is 2.05. The standard InChI is InChI=1S/C17H14ClN3O/c1-12-15(7-8-16-19-10-11-21(12)16)20-17(22)9-4-13-2-5-14(18)6-3-13/h2-11H,1H3,(H,20,22)/b9-4+. The molecule has 5 heteroatoms. The second-order valence-electron chi connectivity index (χ2n) is 4.86. The highest BCUT2D eigenvalue weighted by Crippen LogP contribution is 2.17. The van der Waals surface area contributed by atoms with E-state index in [0.29, 0.717) is 5.02 Å². The van der Waals surface area contributed by atoms with E-state index < -0.39 is 0 Å². The normalized spacial score (nSPS) is 11.2. The van der Waals surface area contributed by atoms with Crippen molar-refractivity contribution in [2.45, 2.75) is 6.92 Å².